The molecule has 7 nitrogen and oxygen atoms in total. The van der Waals surface area contributed by atoms with Gasteiger partial charge in [-0.3, -0.25) is 15.6 Å². The Kier molecular flexibility index (Phi) is 7.26. The van der Waals surface area contributed by atoms with Crippen molar-refractivity contribution >= 4 is 15.9 Å². The van der Waals surface area contributed by atoms with Gasteiger partial charge < -0.3 is 4.90 Å². The summed E-state index contributed by atoms with van der Waals surface area (Å²) in [5.74, 6) is -0.210. The van der Waals surface area contributed by atoms with Gasteiger partial charge in [-0.25, -0.2) is 17.1 Å². The Morgan fingerprint density at radius 2 is 1.86 bits per heavy atom. The molecule has 2 aliphatic heterocycles. The maximum Gasteiger partial charge on any atom is 0.225 e. The highest BCUT2D eigenvalue weighted by atomic mass is 32.2. The number of hydrazine groups is 1. The Hall–Kier alpha value is -1.55. The van der Waals surface area contributed by atoms with Crippen LogP contribution in [0.2, 0.25) is 0 Å². The molecule has 3 rings (SSSR count). The van der Waals surface area contributed by atoms with Crippen LogP contribution in [0.1, 0.15) is 43.7 Å². The van der Waals surface area contributed by atoms with Gasteiger partial charge in [0.05, 0.1) is 6.26 Å². The largest absolute Gasteiger partial charge is 0.346 e. The first-order valence-electron chi connectivity index (χ1n) is 10.2. The van der Waals surface area contributed by atoms with Gasteiger partial charge in [-0.1, -0.05) is 12.1 Å². The second kappa shape index (κ2) is 9.51. The molecular formula is C20H31FN4O3S. The molecule has 0 aliphatic carbocycles. The van der Waals surface area contributed by atoms with Gasteiger partial charge in [-0.05, 0) is 49.8 Å². The molecule has 2 unspecified atom stereocenters. The van der Waals surface area contributed by atoms with Gasteiger partial charge in [0.25, 0.3) is 0 Å². The molecule has 1 aromatic carbocycles. The minimum absolute atomic E-state index is 0.0906. The standard InChI is InChI=1S/C20H31FN4O3S/c1-24(20(26)16-9-12-25(13-10-16)29(2,27)28)11-3-4-18-14-19(23-22-18)15-5-7-17(21)8-6-15/h5-8,16,18-19,22-23H,3-4,9-14H2,1-2H3. The van der Waals surface area contributed by atoms with Gasteiger partial charge >= 0.3 is 0 Å². The lowest BCUT2D eigenvalue weighted by Crippen LogP contribution is -2.43. The smallest absolute Gasteiger partial charge is 0.225 e. The summed E-state index contributed by atoms with van der Waals surface area (Å²) in [6, 6.07) is 7.04. The summed E-state index contributed by atoms with van der Waals surface area (Å²) in [6.45, 7) is 1.53. The molecule has 0 bridgehead atoms. The van der Waals surface area contributed by atoms with Gasteiger partial charge in [0.2, 0.25) is 15.9 Å². The number of nitrogens with zero attached hydrogens (tertiary/aromatic N) is 2. The SMILES string of the molecule is CN(CCCC1CC(c2ccc(F)cc2)NN1)C(=O)C1CCN(S(C)(=O)=O)CC1. The van der Waals surface area contributed by atoms with E-state index in [9.17, 15) is 17.6 Å². The van der Waals surface area contributed by atoms with Crippen molar-refractivity contribution in [3.8, 4) is 0 Å². The van der Waals surface area contributed by atoms with Crippen molar-refractivity contribution in [1.29, 1.82) is 0 Å². The first-order chi connectivity index (χ1) is 13.7. The number of carbonyl (C=O) groups is 1. The van der Waals surface area contributed by atoms with E-state index in [1.54, 1.807) is 17.0 Å². The molecular weight excluding hydrogens is 395 g/mol. The summed E-state index contributed by atoms with van der Waals surface area (Å²) in [6.07, 6.45) is 5.14. The average molecular weight is 427 g/mol. The molecule has 2 atom stereocenters. The fraction of sp³-hybridized carbons (Fsp3) is 0.650. The quantitative estimate of drug-likeness (QED) is 0.693. The maximum absolute atomic E-state index is 13.1. The van der Waals surface area contributed by atoms with E-state index in [1.807, 2.05) is 7.05 Å². The molecule has 0 radical (unpaired) electrons. The summed E-state index contributed by atoms with van der Waals surface area (Å²) in [5, 5.41) is 0. The number of piperidine rings is 1. The molecule has 29 heavy (non-hydrogen) atoms. The van der Waals surface area contributed by atoms with Gasteiger partial charge in [0.15, 0.2) is 0 Å². The van der Waals surface area contributed by atoms with Gasteiger partial charge in [-0.15, -0.1) is 0 Å². The number of amides is 1. The zero-order chi connectivity index (χ0) is 21.0. The number of nitrogens with one attached hydrogen (secondary N) is 2. The van der Waals surface area contributed by atoms with Crippen LogP contribution in [0.4, 0.5) is 4.39 Å². The van der Waals surface area contributed by atoms with Crippen molar-refractivity contribution in [2.45, 2.75) is 44.2 Å². The number of hydrogen-bond acceptors (Lipinski definition) is 5. The average Bonchev–Trinajstić information content (AvgIpc) is 3.16. The van der Waals surface area contributed by atoms with E-state index in [2.05, 4.69) is 10.9 Å². The number of rotatable bonds is 7. The van der Waals surface area contributed by atoms with Crippen LogP contribution < -0.4 is 10.9 Å². The van der Waals surface area contributed by atoms with Crippen LogP contribution in [0.5, 0.6) is 0 Å². The van der Waals surface area contributed by atoms with Crippen LogP contribution in [-0.2, 0) is 14.8 Å². The highest BCUT2D eigenvalue weighted by Gasteiger charge is 2.30. The maximum atomic E-state index is 13.1. The summed E-state index contributed by atoms with van der Waals surface area (Å²) >= 11 is 0. The topological polar surface area (TPSA) is 81.8 Å². The highest BCUT2D eigenvalue weighted by molar-refractivity contribution is 7.88. The van der Waals surface area contributed by atoms with Gasteiger partial charge in [-0.2, -0.15) is 0 Å². The minimum Gasteiger partial charge on any atom is -0.346 e. The predicted octanol–water partition coefficient (Wildman–Crippen LogP) is 1.64. The normalized spacial score (nSPS) is 24.0. The first kappa shape index (κ1) is 22.1. The van der Waals surface area contributed by atoms with E-state index in [-0.39, 0.29) is 23.7 Å². The van der Waals surface area contributed by atoms with Crippen molar-refractivity contribution in [3.63, 3.8) is 0 Å². The van der Waals surface area contributed by atoms with Crippen LogP contribution in [0.3, 0.4) is 0 Å². The Morgan fingerprint density at radius 1 is 1.21 bits per heavy atom. The Labute approximate surface area is 172 Å². The second-order valence-electron chi connectivity index (χ2n) is 8.16. The van der Waals surface area contributed by atoms with Crippen molar-refractivity contribution in [2.75, 3.05) is 32.9 Å². The lowest BCUT2D eigenvalue weighted by atomic mass is 9.96. The molecule has 0 aromatic heterocycles. The molecule has 2 N–H and O–H groups in total. The number of carbonyl (C=O) groups excluding carboxylic acids is 1. The molecule has 162 valence electrons. The van der Waals surface area contributed by atoms with Crippen LogP contribution in [0.15, 0.2) is 24.3 Å². The fourth-order valence-corrected chi connectivity index (χ4v) is 5.03. The number of halogens is 1. The fourth-order valence-electron chi connectivity index (χ4n) is 4.16. The van der Waals surface area contributed by atoms with Crippen molar-refractivity contribution in [3.05, 3.63) is 35.6 Å². The second-order valence-corrected chi connectivity index (χ2v) is 10.1. The zero-order valence-electron chi connectivity index (χ0n) is 17.1. The number of benzene rings is 1. The minimum atomic E-state index is -3.17. The van der Waals surface area contributed by atoms with Crippen LogP contribution in [-0.4, -0.2) is 62.5 Å². The monoisotopic (exact) mass is 426 g/mol. The van der Waals surface area contributed by atoms with E-state index in [1.165, 1.54) is 22.7 Å². The molecule has 2 saturated heterocycles. The van der Waals surface area contributed by atoms with Crippen molar-refractivity contribution < 1.29 is 17.6 Å². The lowest BCUT2D eigenvalue weighted by Gasteiger charge is -2.31. The van der Waals surface area contributed by atoms with Crippen LogP contribution >= 0.6 is 0 Å². The highest BCUT2D eigenvalue weighted by Crippen LogP contribution is 2.25. The molecule has 1 amide bonds. The van der Waals surface area contributed by atoms with Crippen LogP contribution in [0, 0.1) is 11.7 Å². The molecule has 2 heterocycles. The first-order valence-corrected chi connectivity index (χ1v) is 12.1. The van der Waals surface area contributed by atoms with Crippen molar-refractivity contribution in [1.82, 2.24) is 20.1 Å². The molecule has 2 aliphatic rings. The Morgan fingerprint density at radius 3 is 2.48 bits per heavy atom. The third-order valence-electron chi connectivity index (χ3n) is 5.95. The third-order valence-corrected chi connectivity index (χ3v) is 7.25. The molecule has 1 aromatic rings. The van der Waals surface area contributed by atoms with Gasteiger partial charge in [0.1, 0.15) is 5.82 Å². The van der Waals surface area contributed by atoms with E-state index in [0.29, 0.717) is 38.5 Å². The molecule has 2 fully saturated rings. The lowest BCUT2D eigenvalue weighted by molar-refractivity contribution is -0.135. The summed E-state index contributed by atoms with van der Waals surface area (Å²) in [7, 11) is -1.34. The van der Waals surface area contributed by atoms with E-state index < -0.39 is 10.0 Å². The third kappa shape index (κ3) is 5.97. The van der Waals surface area contributed by atoms with Gasteiger partial charge in [0, 0.05) is 44.7 Å². The van der Waals surface area contributed by atoms with E-state index in [4.69, 9.17) is 0 Å². The number of hydrogen-bond donors (Lipinski definition) is 2. The zero-order valence-corrected chi connectivity index (χ0v) is 17.9. The van der Waals surface area contributed by atoms with Crippen LogP contribution in [0.25, 0.3) is 0 Å². The summed E-state index contributed by atoms with van der Waals surface area (Å²) < 4.78 is 37.7. The van der Waals surface area contributed by atoms with E-state index >= 15 is 0 Å². The van der Waals surface area contributed by atoms with Crippen molar-refractivity contribution in [2.24, 2.45) is 5.92 Å². The van der Waals surface area contributed by atoms with E-state index in [0.717, 1.165) is 24.8 Å². The molecule has 0 spiro atoms. The Balaban J connectivity index is 1.37. The number of sulfonamides is 1. The molecule has 0 saturated carbocycles. The summed E-state index contributed by atoms with van der Waals surface area (Å²) in [4.78, 5) is 14.4. The predicted molar refractivity (Wildman–Crippen MR) is 110 cm³/mol. The molecule has 9 heteroatoms. The summed E-state index contributed by atoms with van der Waals surface area (Å²) in [5.41, 5.74) is 7.62. The Bertz CT molecular complexity index is 794.